The number of carboxylic acids is 1. The summed E-state index contributed by atoms with van der Waals surface area (Å²) in [5.74, 6) is -1.25. The zero-order chi connectivity index (χ0) is 14.4. The number of hydrogen-bond donors (Lipinski definition) is 3. The van der Waals surface area contributed by atoms with Crippen molar-refractivity contribution < 1.29 is 19.8 Å². The second-order valence-electron chi connectivity index (χ2n) is 4.27. The Hall–Kier alpha value is -1.60. The van der Waals surface area contributed by atoms with Gasteiger partial charge in [-0.25, -0.2) is 9.59 Å². The van der Waals surface area contributed by atoms with Crippen molar-refractivity contribution in [3.8, 4) is 0 Å². The first-order valence-electron chi connectivity index (χ1n) is 5.85. The number of urea groups is 1. The van der Waals surface area contributed by atoms with E-state index in [-0.39, 0.29) is 6.04 Å². The van der Waals surface area contributed by atoms with E-state index in [1.807, 2.05) is 24.4 Å². The van der Waals surface area contributed by atoms with Crippen LogP contribution in [0.1, 0.15) is 11.8 Å². The van der Waals surface area contributed by atoms with Gasteiger partial charge in [0.2, 0.25) is 0 Å². The summed E-state index contributed by atoms with van der Waals surface area (Å²) in [6, 6.07) is 2.08. The fraction of sp³-hybridized carbons (Fsp3) is 0.500. The average Bonchev–Trinajstić information content (AvgIpc) is 2.86. The van der Waals surface area contributed by atoms with E-state index < -0.39 is 24.6 Å². The summed E-state index contributed by atoms with van der Waals surface area (Å²) < 4.78 is 0. The highest BCUT2D eigenvalue weighted by Crippen LogP contribution is 2.13. The fourth-order valence-corrected chi connectivity index (χ4v) is 2.32. The molecule has 1 heterocycles. The molecule has 3 N–H and O–H groups in total. The number of rotatable bonds is 6. The summed E-state index contributed by atoms with van der Waals surface area (Å²) in [6.45, 7) is 1.25. The van der Waals surface area contributed by atoms with Gasteiger partial charge in [-0.05, 0) is 18.4 Å². The van der Waals surface area contributed by atoms with E-state index >= 15 is 0 Å². The number of carbonyl (C=O) groups excluding carboxylic acids is 1. The molecule has 0 saturated carbocycles. The number of aliphatic hydroxyl groups is 1. The van der Waals surface area contributed by atoms with Crippen LogP contribution in [0.3, 0.4) is 0 Å². The first-order valence-corrected chi connectivity index (χ1v) is 6.73. The van der Waals surface area contributed by atoms with Crippen LogP contribution in [-0.2, 0) is 11.2 Å². The van der Waals surface area contributed by atoms with E-state index in [0.29, 0.717) is 6.42 Å². The minimum atomic E-state index is -1.27. The molecule has 0 radical (unpaired) electrons. The second kappa shape index (κ2) is 7.10. The third-order valence-corrected chi connectivity index (χ3v) is 3.74. The second-order valence-corrected chi connectivity index (χ2v) is 5.30. The smallest absolute Gasteiger partial charge is 0.328 e. The van der Waals surface area contributed by atoms with Gasteiger partial charge < -0.3 is 20.4 Å². The Balaban J connectivity index is 2.53. The van der Waals surface area contributed by atoms with Crippen LogP contribution in [0, 0.1) is 0 Å². The standard InChI is InChI=1S/C12H18N2O4S/c1-8(6-9-4-3-5-19-9)14(2)12(18)13-10(7-15)11(16)17/h3-5,8,10,15H,6-7H2,1-2H3,(H,13,18)(H,16,17)/t8?,10-/m0/s1. The molecule has 7 heteroatoms. The molecular formula is C12H18N2O4S. The number of carbonyl (C=O) groups is 2. The number of nitrogens with one attached hydrogen (secondary N) is 1. The van der Waals surface area contributed by atoms with E-state index in [0.717, 1.165) is 4.88 Å². The Kier molecular flexibility index (Phi) is 5.78. The van der Waals surface area contributed by atoms with E-state index in [1.54, 1.807) is 18.4 Å². The third kappa shape index (κ3) is 4.53. The van der Waals surface area contributed by atoms with Gasteiger partial charge in [-0.2, -0.15) is 0 Å². The Morgan fingerprint density at radius 1 is 1.53 bits per heavy atom. The number of hydrogen-bond acceptors (Lipinski definition) is 4. The molecular weight excluding hydrogens is 268 g/mol. The summed E-state index contributed by atoms with van der Waals surface area (Å²) >= 11 is 1.61. The van der Waals surface area contributed by atoms with Gasteiger partial charge in [-0.1, -0.05) is 6.07 Å². The largest absolute Gasteiger partial charge is 0.480 e. The molecule has 0 aliphatic rings. The summed E-state index contributed by atoms with van der Waals surface area (Å²) in [4.78, 5) is 25.1. The van der Waals surface area contributed by atoms with Crippen LogP contribution in [0.5, 0.6) is 0 Å². The molecule has 0 aliphatic heterocycles. The minimum absolute atomic E-state index is 0.0632. The normalized spacial score (nSPS) is 13.6. The molecule has 106 valence electrons. The first-order chi connectivity index (χ1) is 8.95. The van der Waals surface area contributed by atoms with Gasteiger partial charge in [0.25, 0.3) is 0 Å². The number of nitrogens with zero attached hydrogens (tertiary/aromatic N) is 1. The van der Waals surface area contributed by atoms with Crippen molar-refractivity contribution >= 4 is 23.3 Å². The Labute approximate surface area is 115 Å². The van der Waals surface area contributed by atoms with Crippen LogP contribution in [-0.4, -0.2) is 52.9 Å². The molecule has 1 aromatic heterocycles. The van der Waals surface area contributed by atoms with Gasteiger partial charge in [0.05, 0.1) is 6.61 Å². The lowest BCUT2D eigenvalue weighted by atomic mass is 10.2. The molecule has 6 nitrogen and oxygen atoms in total. The zero-order valence-electron chi connectivity index (χ0n) is 10.9. The Morgan fingerprint density at radius 3 is 2.68 bits per heavy atom. The van der Waals surface area contributed by atoms with Gasteiger partial charge in [-0.15, -0.1) is 11.3 Å². The number of amides is 2. The van der Waals surface area contributed by atoms with E-state index in [2.05, 4.69) is 5.32 Å². The lowest BCUT2D eigenvalue weighted by Gasteiger charge is -2.26. The van der Waals surface area contributed by atoms with Crippen LogP contribution >= 0.6 is 11.3 Å². The van der Waals surface area contributed by atoms with Gasteiger partial charge in [0.1, 0.15) is 0 Å². The molecule has 2 atom stereocenters. The predicted molar refractivity (Wildman–Crippen MR) is 72.3 cm³/mol. The lowest BCUT2D eigenvalue weighted by molar-refractivity contribution is -0.140. The fourth-order valence-electron chi connectivity index (χ4n) is 1.49. The topological polar surface area (TPSA) is 89.9 Å². The molecule has 1 unspecified atom stereocenters. The van der Waals surface area contributed by atoms with Crippen molar-refractivity contribution in [3.05, 3.63) is 22.4 Å². The van der Waals surface area contributed by atoms with Crippen LogP contribution in [0.2, 0.25) is 0 Å². The summed E-state index contributed by atoms with van der Waals surface area (Å²) in [5, 5.41) is 21.9. The summed E-state index contributed by atoms with van der Waals surface area (Å²) in [5.41, 5.74) is 0. The Bertz CT molecular complexity index is 421. The molecule has 2 amide bonds. The van der Waals surface area contributed by atoms with Gasteiger partial charge in [0.15, 0.2) is 6.04 Å². The molecule has 0 aliphatic carbocycles. The maximum Gasteiger partial charge on any atom is 0.328 e. The van der Waals surface area contributed by atoms with E-state index in [4.69, 9.17) is 10.2 Å². The highest BCUT2D eigenvalue weighted by Gasteiger charge is 2.23. The summed E-state index contributed by atoms with van der Waals surface area (Å²) in [7, 11) is 1.60. The molecule has 0 spiro atoms. The van der Waals surface area contributed by atoms with Crippen LogP contribution in [0.4, 0.5) is 4.79 Å². The molecule has 0 saturated heterocycles. The Morgan fingerprint density at radius 2 is 2.21 bits per heavy atom. The number of thiophene rings is 1. The van der Waals surface area contributed by atoms with Crippen molar-refractivity contribution in [1.29, 1.82) is 0 Å². The van der Waals surface area contributed by atoms with Crippen molar-refractivity contribution in [2.45, 2.75) is 25.4 Å². The van der Waals surface area contributed by atoms with Crippen LogP contribution < -0.4 is 5.32 Å². The average molecular weight is 286 g/mol. The summed E-state index contributed by atoms with van der Waals surface area (Å²) in [6.07, 6.45) is 0.707. The first kappa shape index (κ1) is 15.5. The quantitative estimate of drug-likeness (QED) is 0.720. The lowest BCUT2D eigenvalue weighted by Crippen LogP contribution is -2.50. The monoisotopic (exact) mass is 286 g/mol. The van der Waals surface area contributed by atoms with Crippen LogP contribution in [0.15, 0.2) is 17.5 Å². The van der Waals surface area contributed by atoms with Gasteiger partial charge >= 0.3 is 12.0 Å². The third-order valence-electron chi connectivity index (χ3n) is 2.84. The minimum Gasteiger partial charge on any atom is -0.480 e. The molecule has 1 aromatic rings. The number of aliphatic carboxylic acids is 1. The van der Waals surface area contributed by atoms with E-state index in [9.17, 15) is 9.59 Å². The van der Waals surface area contributed by atoms with Gasteiger partial charge in [0, 0.05) is 24.4 Å². The molecule has 19 heavy (non-hydrogen) atoms. The van der Waals surface area contributed by atoms with Crippen LogP contribution in [0.25, 0.3) is 0 Å². The maximum absolute atomic E-state index is 11.8. The highest BCUT2D eigenvalue weighted by atomic mass is 32.1. The maximum atomic E-state index is 11.8. The van der Waals surface area contributed by atoms with Crippen molar-refractivity contribution in [1.82, 2.24) is 10.2 Å². The predicted octanol–water partition coefficient (Wildman–Crippen LogP) is 0.766. The molecule has 0 bridgehead atoms. The SMILES string of the molecule is CC(Cc1cccs1)N(C)C(=O)N[C@@H](CO)C(=O)O. The van der Waals surface area contributed by atoms with E-state index in [1.165, 1.54) is 4.90 Å². The number of aliphatic hydroxyl groups excluding tert-OH is 1. The number of carboxylic acid groups (broad SMARTS) is 1. The van der Waals surface area contributed by atoms with Crippen molar-refractivity contribution in [2.75, 3.05) is 13.7 Å². The highest BCUT2D eigenvalue weighted by molar-refractivity contribution is 7.09. The molecule has 1 rings (SSSR count). The number of likely N-dealkylation sites (N-methyl/N-ethyl adjacent to an activating group) is 1. The molecule has 0 aromatic carbocycles. The molecule has 0 fully saturated rings. The zero-order valence-corrected chi connectivity index (χ0v) is 11.7. The van der Waals surface area contributed by atoms with Gasteiger partial charge in [-0.3, -0.25) is 0 Å². The van der Waals surface area contributed by atoms with Crippen molar-refractivity contribution in [2.24, 2.45) is 0 Å². The van der Waals surface area contributed by atoms with Crippen molar-refractivity contribution in [3.63, 3.8) is 0 Å².